The van der Waals surface area contributed by atoms with Crippen LogP contribution in [0.5, 0.6) is 5.75 Å². The van der Waals surface area contributed by atoms with Crippen LogP contribution in [0.4, 0.5) is 0 Å². The molecule has 1 N–H and O–H groups in total. The third-order valence-corrected chi connectivity index (χ3v) is 3.92. The van der Waals surface area contributed by atoms with Crippen LogP contribution in [0.3, 0.4) is 0 Å². The van der Waals surface area contributed by atoms with Gasteiger partial charge in [0.05, 0.1) is 13.5 Å². The van der Waals surface area contributed by atoms with Crippen molar-refractivity contribution < 1.29 is 14.6 Å². The van der Waals surface area contributed by atoms with E-state index in [2.05, 4.69) is 20.8 Å². The number of rotatable bonds is 5. The van der Waals surface area contributed by atoms with Crippen LogP contribution in [-0.2, 0) is 11.3 Å². The number of ether oxygens (including phenoxy) is 1. The number of halogens is 1. The number of methoxy groups -OCH3 is 1. The number of carbonyl (C=O) groups is 1. The molecule has 98 valence electrons. The van der Waals surface area contributed by atoms with Crippen molar-refractivity contribution in [2.45, 2.75) is 13.0 Å². The van der Waals surface area contributed by atoms with E-state index in [0.29, 0.717) is 5.92 Å². The minimum Gasteiger partial charge on any atom is -0.497 e. The Balaban J connectivity index is 1.90. The molecule has 18 heavy (non-hydrogen) atoms. The quantitative estimate of drug-likeness (QED) is 0.906. The minimum atomic E-state index is -0.706. The van der Waals surface area contributed by atoms with Crippen LogP contribution in [0.1, 0.15) is 12.0 Å². The van der Waals surface area contributed by atoms with Gasteiger partial charge in [0.25, 0.3) is 0 Å². The molecule has 2 rings (SSSR count). The van der Waals surface area contributed by atoms with E-state index in [1.54, 1.807) is 7.11 Å². The third kappa shape index (κ3) is 3.23. The molecule has 5 heteroatoms. The molecule has 0 spiro atoms. The van der Waals surface area contributed by atoms with E-state index in [-0.39, 0.29) is 6.42 Å². The summed E-state index contributed by atoms with van der Waals surface area (Å²) in [6.07, 6.45) is 0.274. The summed E-state index contributed by atoms with van der Waals surface area (Å²) in [4.78, 5) is 12.8. The van der Waals surface area contributed by atoms with E-state index in [9.17, 15) is 4.79 Å². The molecular formula is C13H16BrNO3. The van der Waals surface area contributed by atoms with Gasteiger partial charge < -0.3 is 9.84 Å². The zero-order valence-electron chi connectivity index (χ0n) is 10.2. The van der Waals surface area contributed by atoms with Gasteiger partial charge in [0.1, 0.15) is 5.75 Å². The van der Waals surface area contributed by atoms with Crippen LogP contribution in [0.2, 0.25) is 0 Å². The van der Waals surface area contributed by atoms with Crippen LogP contribution in [-0.4, -0.2) is 36.2 Å². The van der Waals surface area contributed by atoms with Crippen molar-refractivity contribution >= 4 is 21.9 Å². The van der Waals surface area contributed by atoms with Gasteiger partial charge >= 0.3 is 5.97 Å². The van der Waals surface area contributed by atoms with E-state index in [4.69, 9.17) is 9.84 Å². The molecule has 0 aromatic heterocycles. The van der Waals surface area contributed by atoms with Crippen molar-refractivity contribution in [1.82, 2.24) is 4.90 Å². The molecule has 0 aliphatic carbocycles. The average molecular weight is 314 g/mol. The predicted octanol–water partition coefficient (Wildman–Crippen LogP) is 2.36. The molecule has 1 aromatic rings. The molecule has 1 aliphatic rings. The fourth-order valence-corrected chi connectivity index (χ4v) is 2.59. The molecule has 1 saturated heterocycles. The summed E-state index contributed by atoms with van der Waals surface area (Å²) < 4.78 is 6.26. The number of hydrogen-bond donors (Lipinski definition) is 1. The number of aliphatic carboxylic acids is 1. The van der Waals surface area contributed by atoms with E-state index in [1.165, 1.54) is 5.56 Å². The number of hydrogen-bond acceptors (Lipinski definition) is 3. The minimum absolute atomic E-state index is 0.274. The Morgan fingerprint density at radius 1 is 1.56 bits per heavy atom. The molecular weight excluding hydrogens is 298 g/mol. The lowest BCUT2D eigenvalue weighted by atomic mass is 9.96. The Bertz CT molecular complexity index is 444. The second-order valence-corrected chi connectivity index (χ2v) is 5.47. The molecule has 1 fully saturated rings. The Kier molecular flexibility index (Phi) is 4.24. The van der Waals surface area contributed by atoms with E-state index >= 15 is 0 Å². The maximum absolute atomic E-state index is 10.6. The molecule has 1 aliphatic heterocycles. The molecule has 1 heterocycles. The van der Waals surface area contributed by atoms with Crippen LogP contribution >= 0.6 is 15.9 Å². The highest BCUT2D eigenvalue weighted by Gasteiger charge is 2.28. The Labute approximate surface area is 115 Å². The maximum atomic E-state index is 10.6. The van der Waals surface area contributed by atoms with E-state index in [0.717, 1.165) is 29.9 Å². The lowest BCUT2D eigenvalue weighted by Crippen LogP contribution is -2.46. The Morgan fingerprint density at radius 3 is 2.89 bits per heavy atom. The first-order valence-electron chi connectivity index (χ1n) is 5.85. The van der Waals surface area contributed by atoms with Crippen molar-refractivity contribution in [3.05, 3.63) is 28.2 Å². The standard InChI is InChI=1S/C13H16BrNO3/c1-18-11-2-3-12(14)10(5-11)8-15-6-9(7-15)4-13(16)17/h2-3,5,9H,4,6-8H2,1H3,(H,16,17). The van der Waals surface area contributed by atoms with Gasteiger partial charge in [-0.2, -0.15) is 0 Å². The lowest BCUT2D eigenvalue weighted by Gasteiger charge is -2.38. The Morgan fingerprint density at radius 2 is 2.28 bits per heavy atom. The first-order valence-corrected chi connectivity index (χ1v) is 6.64. The average Bonchev–Trinajstić information content (AvgIpc) is 2.28. The summed E-state index contributed by atoms with van der Waals surface area (Å²) in [5.41, 5.74) is 1.17. The van der Waals surface area contributed by atoms with Crippen molar-refractivity contribution in [3.63, 3.8) is 0 Å². The number of nitrogens with zero attached hydrogens (tertiary/aromatic N) is 1. The van der Waals surface area contributed by atoms with Crippen LogP contribution in [0.25, 0.3) is 0 Å². The number of benzene rings is 1. The maximum Gasteiger partial charge on any atom is 0.303 e. The fraction of sp³-hybridized carbons (Fsp3) is 0.462. The van der Waals surface area contributed by atoms with Gasteiger partial charge in [0, 0.05) is 24.1 Å². The molecule has 0 amide bonds. The van der Waals surface area contributed by atoms with Gasteiger partial charge in [0.2, 0.25) is 0 Å². The zero-order valence-corrected chi connectivity index (χ0v) is 11.8. The molecule has 0 saturated carbocycles. The second kappa shape index (κ2) is 5.71. The van der Waals surface area contributed by atoms with Gasteiger partial charge in [-0.3, -0.25) is 9.69 Å². The van der Waals surface area contributed by atoms with Crippen molar-refractivity contribution in [2.24, 2.45) is 5.92 Å². The monoisotopic (exact) mass is 313 g/mol. The van der Waals surface area contributed by atoms with Crippen molar-refractivity contribution in [2.75, 3.05) is 20.2 Å². The summed E-state index contributed by atoms with van der Waals surface area (Å²) in [5.74, 6) is 0.435. The van der Waals surface area contributed by atoms with Crippen LogP contribution in [0.15, 0.2) is 22.7 Å². The summed E-state index contributed by atoms with van der Waals surface area (Å²) in [5, 5.41) is 8.69. The van der Waals surface area contributed by atoms with Gasteiger partial charge in [-0.05, 0) is 29.7 Å². The van der Waals surface area contributed by atoms with Crippen LogP contribution in [0, 0.1) is 5.92 Å². The summed E-state index contributed by atoms with van der Waals surface area (Å²) in [6.45, 7) is 2.54. The van der Waals surface area contributed by atoms with Crippen LogP contribution < -0.4 is 4.74 Å². The SMILES string of the molecule is COc1ccc(Br)c(CN2CC(CC(=O)O)C2)c1. The van der Waals surface area contributed by atoms with Crippen molar-refractivity contribution in [3.8, 4) is 5.75 Å². The molecule has 4 nitrogen and oxygen atoms in total. The first-order chi connectivity index (χ1) is 8.58. The highest BCUT2D eigenvalue weighted by molar-refractivity contribution is 9.10. The van der Waals surface area contributed by atoms with Gasteiger partial charge in [0.15, 0.2) is 0 Å². The molecule has 0 unspecified atom stereocenters. The molecule has 0 atom stereocenters. The smallest absolute Gasteiger partial charge is 0.303 e. The third-order valence-electron chi connectivity index (χ3n) is 3.14. The number of carboxylic acids is 1. The summed E-state index contributed by atoms with van der Waals surface area (Å²) >= 11 is 3.52. The first kappa shape index (κ1) is 13.4. The number of likely N-dealkylation sites (tertiary alicyclic amines) is 1. The molecule has 1 aromatic carbocycles. The highest BCUT2D eigenvalue weighted by atomic mass is 79.9. The highest BCUT2D eigenvalue weighted by Crippen LogP contribution is 2.27. The van der Waals surface area contributed by atoms with Gasteiger partial charge in [-0.15, -0.1) is 0 Å². The van der Waals surface area contributed by atoms with Gasteiger partial charge in [-0.1, -0.05) is 15.9 Å². The topological polar surface area (TPSA) is 49.8 Å². The van der Waals surface area contributed by atoms with E-state index in [1.807, 2.05) is 18.2 Å². The fourth-order valence-electron chi connectivity index (χ4n) is 2.22. The second-order valence-electron chi connectivity index (χ2n) is 4.62. The van der Waals surface area contributed by atoms with Crippen molar-refractivity contribution in [1.29, 1.82) is 0 Å². The zero-order chi connectivity index (χ0) is 13.1. The largest absolute Gasteiger partial charge is 0.497 e. The normalized spacial score (nSPS) is 16.3. The Hall–Kier alpha value is -1.07. The van der Waals surface area contributed by atoms with E-state index < -0.39 is 5.97 Å². The number of carboxylic acid groups (broad SMARTS) is 1. The van der Waals surface area contributed by atoms with Gasteiger partial charge in [-0.25, -0.2) is 0 Å². The molecule has 0 radical (unpaired) electrons. The summed E-state index contributed by atoms with van der Waals surface area (Å²) in [6, 6.07) is 5.90. The predicted molar refractivity (Wildman–Crippen MR) is 71.7 cm³/mol. The summed E-state index contributed by atoms with van der Waals surface area (Å²) in [7, 11) is 1.65. The molecule has 0 bridgehead atoms. The lowest BCUT2D eigenvalue weighted by molar-refractivity contribution is -0.139.